The largest absolute Gasteiger partial charge is 0.475 e. The monoisotopic (exact) mass is 197 g/mol. The second-order valence-corrected chi connectivity index (χ2v) is 2.78. The summed E-state index contributed by atoms with van der Waals surface area (Å²) in [5.74, 6) is -1.45. The molecule has 0 saturated heterocycles. The van der Waals surface area contributed by atoms with Crippen LogP contribution in [0.15, 0.2) is 16.0 Å². The van der Waals surface area contributed by atoms with Gasteiger partial charge >= 0.3 is 5.97 Å². The maximum atomic E-state index is 10.4. The third-order valence-corrected chi connectivity index (χ3v) is 1.83. The first-order chi connectivity index (χ1) is 6.27. The van der Waals surface area contributed by atoms with Gasteiger partial charge in [0.2, 0.25) is 0 Å². The summed E-state index contributed by atoms with van der Waals surface area (Å²) in [6.45, 7) is 0. The van der Waals surface area contributed by atoms with Crippen molar-refractivity contribution in [1.29, 1.82) is 0 Å². The Balaban J connectivity index is 2.39. The highest BCUT2D eigenvalue weighted by molar-refractivity contribution is 7.03. The van der Waals surface area contributed by atoms with Crippen molar-refractivity contribution in [2.45, 2.75) is 0 Å². The molecule has 0 fully saturated rings. The van der Waals surface area contributed by atoms with Crippen LogP contribution in [0.3, 0.4) is 0 Å². The van der Waals surface area contributed by atoms with Crippen molar-refractivity contribution < 1.29 is 14.4 Å². The van der Waals surface area contributed by atoms with Gasteiger partial charge < -0.3 is 9.63 Å². The van der Waals surface area contributed by atoms with E-state index in [0.29, 0.717) is 5.69 Å². The Bertz CT molecular complexity index is 422. The quantitative estimate of drug-likeness (QED) is 0.768. The zero-order chi connectivity index (χ0) is 9.26. The fourth-order valence-electron chi connectivity index (χ4n) is 0.737. The number of hydrogen-bond donors (Lipinski definition) is 1. The number of aromatic carboxylic acids is 1. The summed E-state index contributed by atoms with van der Waals surface area (Å²) in [6.07, 6.45) is 0. The number of aromatic nitrogens is 3. The smallest absolute Gasteiger partial charge is 0.377 e. The molecule has 0 aromatic carbocycles. The molecule has 6 nitrogen and oxygen atoms in total. The SMILES string of the molecule is O=C(O)c1noc(-c2ccsn2)n1. The summed E-state index contributed by atoms with van der Waals surface area (Å²) in [5.41, 5.74) is 0.491. The Morgan fingerprint density at radius 1 is 1.62 bits per heavy atom. The third kappa shape index (κ3) is 1.41. The van der Waals surface area contributed by atoms with Gasteiger partial charge in [-0.2, -0.15) is 9.36 Å². The van der Waals surface area contributed by atoms with Gasteiger partial charge in [0.05, 0.1) is 0 Å². The second kappa shape index (κ2) is 2.94. The van der Waals surface area contributed by atoms with Crippen LogP contribution in [0.4, 0.5) is 0 Å². The van der Waals surface area contributed by atoms with E-state index >= 15 is 0 Å². The van der Waals surface area contributed by atoms with Gasteiger partial charge in [-0.25, -0.2) is 4.79 Å². The van der Waals surface area contributed by atoms with Crippen molar-refractivity contribution >= 4 is 17.5 Å². The molecule has 0 aliphatic rings. The fraction of sp³-hybridized carbons (Fsp3) is 0. The summed E-state index contributed by atoms with van der Waals surface area (Å²) >= 11 is 1.23. The standard InChI is InChI=1S/C6H3N3O3S/c10-6(11)4-7-5(12-8-4)3-1-2-13-9-3/h1-2H,(H,10,11). The number of rotatable bonds is 2. The minimum atomic E-state index is -1.22. The molecule has 1 N–H and O–H groups in total. The molecule has 0 unspecified atom stereocenters. The molecule has 2 aromatic rings. The maximum Gasteiger partial charge on any atom is 0.377 e. The van der Waals surface area contributed by atoms with Crippen molar-refractivity contribution in [3.63, 3.8) is 0 Å². The number of hydrogen-bond acceptors (Lipinski definition) is 6. The molecule has 0 bridgehead atoms. The van der Waals surface area contributed by atoms with E-state index in [1.165, 1.54) is 11.5 Å². The van der Waals surface area contributed by atoms with Crippen molar-refractivity contribution in [2.75, 3.05) is 0 Å². The summed E-state index contributed by atoms with van der Waals surface area (Å²) in [6, 6.07) is 1.67. The van der Waals surface area contributed by atoms with Crippen molar-refractivity contribution in [2.24, 2.45) is 0 Å². The van der Waals surface area contributed by atoms with Gasteiger partial charge in [0.1, 0.15) is 5.69 Å². The Morgan fingerprint density at radius 3 is 3.00 bits per heavy atom. The molecule has 0 atom stereocenters. The van der Waals surface area contributed by atoms with Gasteiger partial charge in [-0.05, 0) is 22.8 Å². The van der Waals surface area contributed by atoms with Gasteiger partial charge in [-0.15, -0.1) is 0 Å². The molecular formula is C6H3N3O3S. The van der Waals surface area contributed by atoms with Crippen LogP contribution in [-0.4, -0.2) is 25.6 Å². The highest BCUT2D eigenvalue weighted by Crippen LogP contribution is 2.15. The molecule has 0 aliphatic heterocycles. The predicted octanol–water partition coefficient (Wildman–Crippen LogP) is 0.891. The molecule has 0 spiro atoms. The fourth-order valence-corrected chi connectivity index (χ4v) is 1.24. The lowest BCUT2D eigenvalue weighted by atomic mass is 10.4. The molecule has 66 valence electrons. The highest BCUT2D eigenvalue weighted by atomic mass is 32.1. The summed E-state index contributed by atoms with van der Waals surface area (Å²) in [4.78, 5) is 14.0. The van der Waals surface area contributed by atoms with Crippen molar-refractivity contribution in [3.05, 3.63) is 17.3 Å². The lowest BCUT2D eigenvalue weighted by molar-refractivity contribution is 0.0680. The van der Waals surface area contributed by atoms with E-state index in [1.807, 2.05) is 0 Å². The van der Waals surface area contributed by atoms with Gasteiger partial charge in [-0.3, -0.25) is 0 Å². The van der Waals surface area contributed by atoms with Gasteiger partial charge in [-0.1, -0.05) is 0 Å². The Kier molecular flexibility index (Phi) is 1.78. The first-order valence-electron chi connectivity index (χ1n) is 3.25. The van der Waals surface area contributed by atoms with Gasteiger partial charge in [0, 0.05) is 5.38 Å². The zero-order valence-electron chi connectivity index (χ0n) is 6.17. The number of carboxylic acids is 1. The molecule has 7 heteroatoms. The molecule has 0 aliphatic carbocycles. The normalized spacial score (nSPS) is 10.2. The lowest BCUT2D eigenvalue weighted by Gasteiger charge is -1.80. The Hall–Kier alpha value is -1.76. The van der Waals surface area contributed by atoms with Crippen LogP contribution in [0.5, 0.6) is 0 Å². The number of carbonyl (C=O) groups is 1. The van der Waals surface area contributed by atoms with E-state index in [9.17, 15) is 4.79 Å². The van der Waals surface area contributed by atoms with Crippen LogP contribution in [0.25, 0.3) is 11.6 Å². The third-order valence-electron chi connectivity index (χ3n) is 1.27. The van der Waals surface area contributed by atoms with Crippen molar-refractivity contribution in [1.82, 2.24) is 14.5 Å². The minimum Gasteiger partial charge on any atom is -0.475 e. The molecule has 13 heavy (non-hydrogen) atoms. The van der Waals surface area contributed by atoms with E-state index < -0.39 is 5.97 Å². The van der Waals surface area contributed by atoms with Crippen LogP contribution >= 0.6 is 11.5 Å². The van der Waals surface area contributed by atoms with Gasteiger partial charge in [0.15, 0.2) is 0 Å². The molecule has 0 amide bonds. The minimum absolute atomic E-state index is 0.124. The predicted molar refractivity (Wildman–Crippen MR) is 42.4 cm³/mol. The summed E-state index contributed by atoms with van der Waals surface area (Å²) < 4.78 is 8.58. The zero-order valence-corrected chi connectivity index (χ0v) is 6.98. The average Bonchev–Trinajstić information content (AvgIpc) is 2.75. The maximum absolute atomic E-state index is 10.4. The summed E-state index contributed by atoms with van der Waals surface area (Å²) in [7, 11) is 0. The first kappa shape index (κ1) is 7.87. The van der Waals surface area contributed by atoms with E-state index in [2.05, 4.69) is 19.0 Å². The van der Waals surface area contributed by atoms with Crippen LogP contribution in [0.1, 0.15) is 10.6 Å². The first-order valence-corrected chi connectivity index (χ1v) is 4.09. The van der Waals surface area contributed by atoms with E-state index in [-0.39, 0.29) is 11.7 Å². The highest BCUT2D eigenvalue weighted by Gasteiger charge is 2.14. The van der Waals surface area contributed by atoms with Crippen LogP contribution in [-0.2, 0) is 0 Å². The Labute approximate surface area is 76.0 Å². The molecule has 2 rings (SSSR count). The molecule has 2 heterocycles. The lowest BCUT2D eigenvalue weighted by Crippen LogP contribution is -1.98. The topological polar surface area (TPSA) is 89.1 Å². The molecule has 0 saturated carbocycles. The summed E-state index contributed by atoms with van der Waals surface area (Å²) in [5, 5.41) is 13.5. The molecular weight excluding hydrogens is 194 g/mol. The molecule has 0 radical (unpaired) electrons. The van der Waals surface area contributed by atoms with E-state index in [4.69, 9.17) is 5.11 Å². The van der Waals surface area contributed by atoms with Crippen molar-refractivity contribution in [3.8, 4) is 11.6 Å². The van der Waals surface area contributed by atoms with E-state index in [1.54, 1.807) is 11.4 Å². The Morgan fingerprint density at radius 2 is 2.46 bits per heavy atom. The number of carboxylic acid groups (broad SMARTS) is 1. The number of nitrogens with zero attached hydrogens (tertiary/aromatic N) is 3. The van der Waals surface area contributed by atoms with Crippen LogP contribution in [0.2, 0.25) is 0 Å². The van der Waals surface area contributed by atoms with Crippen LogP contribution < -0.4 is 0 Å². The van der Waals surface area contributed by atoms with E-state index in [0.717, 1.165) is 0 Å². The second-order valence-electron chi connectivity index (χ2n) is 2.11. The molecule has 2 aromatic heterocycles. The van der Waals surface area contributed by atoms with Crippen LogP contribution in [0, 0.1) is 0 Å². The van der Waals surface area contributed by atoms with Gasteiger partial charge in [0.25, 0.3) is 11.7 Å². The average molecular weight is 197 g/mol.